The molecule has 6 heteroatoms. The Bertz CT molecular complexity index is 717. The van der Waals surface area contributed by atoms with Gasteiger partial charge in [-0.05, 0) is 12.5 Å². The third kappa shape index (κ3) is 3.94. The average molecular weight is 330 g/mol. The molecule has 0 aliphatic carbocycles. The van der Waals surface area contributed by atoms with Gasteiger partial charge in [-0.25, -0.2) is 0 Å². The Kier molecular flexibility index (Phi) is 5.15. The number of carbonyl (C=O) groups excluding carboxylic acids is 1. The largest absolute Gasteiger partial charge is 0.481 e. The number of benzene rings is 1. The Labute approximate surface area is 140 Å². The number of carboxylic acid groups (broad SMARTS) is 1. The van der Waals surface area contributed by atoms with Gasteiger partial charge >= 0.3 is 5.97 Å². The second-order valence-electron chi connectivity index (χ2n) is 6.16. The Morgan fingerprint density at radius 3 is 2.58 bits per heavy atom. The van der Waals surface area contributed by atoms with Gasteiger partial charge in [-0.15, -0.1) is 0 Å². The highest BCUT2D eigenvalue weighted by Gasteiger charge is 2.21. The molecule has 1 fully saturated rings. The second kappa shape index (κ2) is 7.49. The summed E-state index contributed by atoms with van der Waals surface area (Å²) in [5.74, 6) is -0.787. The summed E-state index contributed by atoms with van der Waals surface area (Å²) in [5, 5.41) is 9.77. The van der Waals surface area contributed by atoms with E-state index in [1.165, 1.54) is 5.56 Å². The Hall–Kier alpha value is -2.34. The Morgan fingerprint density at radius 2 is 1.83 bits per heavy atom. The molecule has 1 aromatic carbocycles. The maximum absolute atomic E-state index is 12.1. The lowest BCUT2D eigenvalue weighted by atomic mass is 10.1. The molecule has 1 aromatic heterocycles. The fourth-order valence-electron chi connectivity index (χ4n) is 3.10. The number of amides is 1. The van der Waals surface area contributed by atoms with Gasteiger partial charge in [0.05, 0.1) is 6.26 Å². The van der Waals surface area contributed by atoms with Crippen LogP contribution < -0.4 is 0 Å². The van der Waals surface area contributed by atoms with E-state index in [4.69, 9.17) is 9.52 Å². The van der Waals surface area contributed by atoms with Crippen molar-refractivity contribution in [3.8, 4) is 0 Å². The molecule has 2 heterocycles. The van der Waals surface area contributed by atoms with Crippen LogP contribution in [0.1, 0.15) is 24.8 Å². The van der Waals surface area contributed by atoms with Gasteiger partial charge in [0.25, 0.3) is 0 Å². The number of nitrogens with zero attached hydrogens (tertiary/aromatic N) is 2. The van der Waals surface area contributed by atoms with Crippen LogP contribution in [0.2, 0.25) is 0 Å². The van der Waals surface area contributed by atoms with E-state index in [0.29, 0.717) is 25.9 Å². The molecule has 1 N–H and O–H groups in total. The highest BCUT2D eigenvalue weighted by molar-refractivity contribution is 5.80. The molecule has 2 aromatic rings. The Morgan fingerprint density at radius 1 is 1.08 bits per heavy atom. The van der Waals surface area contributed by atoms with Gasteiger partial charge < -0.3 is 14.4 Å². The van der Waals surface area contributed by atoms with Crippen molar-refractivity contribution >= 4 is 22.8 Å². The van der Waals surface area contributed by atoms with Crippen molar-refractivity contribution in [1.29, 1.82) is 0 Å². The normalized spacial score (nSPS) is 15.8. The molecule has 0 unspecified atom stereocenters. The molecular formula is C18H22N2O4. The highest BCUT2D eigenvalue weighted by Crippen LogP contribution is 2.22. The van der Waals surface area contributed by atoms with Crippen molar-refractivity contribution in [3.05, 3.63) is 36.1 Å². The molecule has 0 saturated carbocycles. The van der Waals surface area contributed by atoms with Gasteiger partial charge in [-0.2, -0.15) is 0 Å². The minimum atomic E-state index is -0.847. The predicted octanol–water partition coefficient (Wildman–Crippen LogP) is 2.33. The van der Waals surface area contributed by atoms with Gasteiger partial charge in [-0.1, -0.05) is 18.2 Å². The van der Waals surface area contributed by atoms with E-state index in [0.717, 1.165) is 30.6 Å². The minimum Gasteiger partial charge on any atom is -0.481 e. The second-order valence-corrected chi connectivity index (χ2v) is 6.16. The SMILES string of the molecule is O=C(O)CCCC(=O)N1CCN(Cc2coc3ccccc23)CC1. The van der Waals surface area contributed by atoms with Crippen LogP contribution in [0, 0.1) is 0 Å². The van der Waals surface area contributed by atoms with Gasteiger partial charge in [0.2, 0.25) is 5.91 Å². The lowest BCUT2D eigenvalue weighted by Crippen LogP contribution is -2.48. The van der Waals surface area contributed by atoms with Gasteiger partial charge in [-0.3, -0.25) is 14.5 Å². The van der Waals surface area contributed by atoms with Gasteiger partial charge in [0.15, 0.2) is 0 Å². The summed E-state index contributed by atoms with van der Waals surface area (Å²) in [7, 11) is 0. The first-order chi connectivity index (χ1) is 11.6. The zero-order valence-corrected chi connectivity index (χ0v) is 13.6. The lowest BCUT2D eigenvalue weighted by molar-refractivity contribution is -0.137. The zero-order chi connectivity index (χ0) is 16.9. The molecule has 1 aliphatic rings. The van der Waals surface area contributed by atoms with Crippen LogP contribution in [0.4, 0.5) is 0 Å². The maximum Gasteiger partial charge on any atom is 0.303 e. The number of carbonyl (C=O) groups is 2. The summed E-state index contributed by atoms with van der Waals surface area (Å²) in [6, 6.07) is 8.00. The number of carboxylic acids is 1. The molecular weight excluding hydrogens is 308 g/mol. The average Bonchev–Trinajstić information content (AvgIpc) is 2.98. The highest BCUT2D eigenvalue weighted by atomic mass is 16.4. The monoisotopic (exact) mass is 330 g/mol. The molecule has 24 heavy (non-hydrogen) atoms. The summed E-state index contributed by atoms with van der Waals surface area (Å²) >= 11 is 0. The first-order valence-corrected chi connectivity index (χ1v) is 8.30. The van der Waals surface area contributed by atoms with Crippen molar-refractivity contribution in [1.82, 2.24) is 9.80 Å². The molecule has 1 amide bonds. The molecule has 0 bridgehead atoms. The molecule has 6 nitrogen and oxygen atoms in total. The topological polar surface area (TPSA) is 74.0 Å². The van der Waals surface area contributed by atoms with Crippen molar-refractivity contribution in [2.75, 3.05) is 26.2 Å². The molecule has 1 aliphatic heterocycles. The summed E-state index contributed by atoms with van der Waals surface area (Å²) in [4.78, 5) is 26.7. The van der Waals surface area contributed by atoms with Gasteiger partial charge in [0.1, 0.15) is 5.58 Å². The van der Waals surface area contributed by atoms with E-state index in [2.05, 4.69) is 11.0 Å². The molecule has 1 saturated heterocycles. The molecule has 0 atom stereocenters. The lowest BCUT2D eigenvalue weighted by Gasteiger charge is -2.34. The van der Waals surface area contributed by atoms with E-state index in [9.17, 15) is 9.59 Å². The van der Waals surface area contributed by atoms with Crippen molar-refractivity contribution in [2.45, 2.75) is 25.8 Å². The van der Waals surface area contributed by atoms with E-state index >= 15 is 0 Å². The van der Waals surface area contributed by atoms with Crippen LogP contribution in [-0.2, 0) is 16.1 Å². The summed E-state index contributed by atoms with van der Waals surface area (Å²) in [5.41, 5.74) is 2.08. The fourth-order valence-corrected chi connectivity index (χ4v) is 3.10. The van der Waals surface area contributed by atoms with Crippen LogP contribution in [0.5, 0.6) is 0 Å². The van der Waals surface area contributed by atoms with Crippen molar-refractivity contribution < 1.29 is 19.1 Å². The number of fused-ring (bicyclic) bond motifs is 1. The summed E-state index contributed by atoms with van der Waals surface area (Å²) in [6.07, 6.45) is 2.60. The first kappa shape index (κ1) is 16.5. The first-order valence-electron chi connectivity index (χ1n) is 8.30. The van der Waals surface area contributed by atoms with Gasteiger partial charge in [0, 0.05) is 56.5 Å². The van der Waals surface area contributed by atoms with Crippen LogP contribution in [0.25, 0.3) is 11.0 Å². The molecule has 0 spiro atoms. The molecule has 0 radical (unpaired) electrons. The number of rotatable bonds is 6. The smallest absolute Gasteiger partial charge is 0.303 e. The van der Waals surface area contributed by atoms with Crippen molar-refractivity contribution in [2.24, 2.45) is 0 Å². The number of hydrogen-bond donors (Lipinski definition) is 1. The van der Waals surface area contributed by atoms with Crippen LogP contribution >= 0.6 is 0 Å². The third-order valence-corrected chi connectivity index (χ3v) is 4.46. The fraction of sp³-hybridized carbons (Fsp3) is 0.444. The number of para-hydroxylation sites is 1. The van der Waals surface area contributed by atoms with E-state index in [-0.39, 0.29) is 12.3 Å². The van der Waals surface area contributed by atoms with Crippen LogP contribution in [-0.4, -0.2) is 53.0 Å². The third-order valence-electron chi connectivity index (χ3n) is 4.46. The van der Waals surface area contributed by atoms with E-state index in [1.807, 2.05) is 29.4 Å². The standard InChI is InChI=1S/C18H22N2O4/c21-17(6-3-7-18(22)23)20-10-8-19(9-11-20)12-14-13-24-16-5-2-1-4-15(14)16/h1-2,4-5,13H,3,6-12H2,(H,22,23). The predicted molar refractivity (Wildman–Crippen MR) is 89.6 cm³/mol. The van der Waals surface area contributed by atoms with E-state index < -0.39 is 5.97 Å². The zero-order valence-electron chi connectivity index (χ0n) is 13.6. The number of piperazine rings is 1. The number of furan rings is 1. The van der Waals surface area contributed by atoms with Crippen LogP contribution in [0.3, 0.4) is 0 Å². The van der Waals surface area contributed by atoms with E-state index in [1.54, 1.807) is 0 Å². The number of hydrogen-bond acceptors (Lipinski definition) is 4. The quantitative estimate of drug-likeness (QED) is 0.880. The molecule has 3 rings (SSSR count). The summed E-state index contributed by atoms with van der Waals surface area (Å²) < 4.78 is 5.57. The number of aliphatic carboxylic acids is 1. The van der Waals surface area contributed by atoms with Crippen LogP contribution in [0.15, 0.2) is 34.9 Å². The molecule has 128 valence electrons. The minimum absolute atomic E-state index is 0.0548. The van der Waals surface area contributed by atoms with Crippen molar-refractivity contribution in [3.63, 3.8) is 0 Å². The maximum atomic E-state index is 12.1. The Balaban J connectivity index is 1.48. The summed E-state index contributed by atoms with van der Waals surface area (Å²) in [6.45, 7) is 3.86.